The molecule has 124 valence electrons. The number of methoxy groups -OCH3 is 1. The molecule has 2 aromatic rings. The van der Waals surface area contributed by atoms with Crippen LogP contribution in [0, 0.1) is 6.92 Å². The Morgan fingerprint density at radius 2 is 2.04 bits per heavy atom. The standard InChI is InChI=1S/C16H21N3O4/c1-5-12-15(10(3)19-23-12)18-16(20)17-11-7-8-13(21-4)14(9-11)22-6-2/h7-9H,5-6H2,1-4H3,(H2,17,18,20). The second-order valence-corrected chi connectivity index (χ2v) is 4.80. The van der Waals surface area contributed by atoms with E-state index in [0.717, 1.165) is 0 Å². The number of aryl methyl sites for hydroxylation is 2. The minimum atomic E-state index is -0.376. The Morgan fingerprint density at radius 1 is 1.26 bits per heavy atom. The molecule has 0 aliphatic heterocycles. The van der Waals surface area contributed by atoms with Crippen molar-refractivity contribution in [2.75, 3.05) is 24.4 Å². The van der Waals surface area contributed by atoms with E-state index >= 15 is 0 Å². The maximum absolute atomic E-state index is 12.2. The monoisotopic (exact) mass is 319 g/mol. The Labute approximate surface area is 134 Å². The lowest BCUT2D eigenvalue weighted by Gasteiger charge is -2.12. The van der Waals surface area contributed by atoms with Crippen LogP contribution in [0.4, 0.5) is 16.2 Å². The van der Waals surface area contributed by atoms with E-state index in [1.807, 2.05) is 13.8 Å². The molecule has 0 aliphatic carbocycles. The molecule has 2 amide bonds. The Balaban J connectivity index is 2.11. The van der Waals surface area contributed by atoms with Gasteiger partial charge >= 0.3 is 6.03 Å². The molecule has 2 rings (SSSR count). The molecule has 1 aromatic heterocycles. The highest BCUT2D eigenvalue weighted by molar-refractivity contribution is 6.00. The molecular weight excluding hydrogens is 298 g/mol. The third-order valence-electron chi connectivity index (χ3n) is 3.21. The van der Waals surface area contributed by atoms with Crippen molar-refractivity contribution >= 4 is 17.4 Å². The Morgan fingerprint density at radius 3 is 2.70 bits per heavy atom. The van der Waals surface area contributed by atoms with Crippen LogP contribution in [0.15, 0.2) is 22.7 Å². The van der Waals surface area contributed by atoms with Crippen molar-refractivity contribution in [2.45, 2.75) is 27.2 Å². The number of nitrogens with one attached hydrogen (secondary N) is 2. The lowest BCUT2D eigenvalue weighted by Crippen LogP contribution is -2.20. The summed E-state index contributed by atoms with van der Waals surface area (Å²) in [5.74, 6) is 1.83. The fourth-order valence-electron chi connectivity index (χ4n) is 2.12. The summed E-state index contributed by atoms with van der Waals surface area (Å²) in [6.07, 6.45) is 0.646. The smallest absolute Gasteiger partial charge is 0.323 e. The van der Waals surface area contributed by atoms with Gasteiger partial charge in [-0.05, 0) is 26.0 Å². The summed E-state index contributed by atoms with van der Waals surface area (Å²) in [6, 6.07) is 4.81. The van der Waals surface area contributed by atoms with E-state index in [1.54, 1.807) is 32.2 Å². The zero-order chi connectivity index (χ0) is 16.8. The van der Waals surface area contributed by atoms with Gasteiger partial charge in [-0.2, -0.15) is 0 Å². The second kappa shape index (κ2) is 7.53. The van der Waals surface area contributed by atoms with Crippen LogP contribution in [0.25, 0.3) is 0 Å². The van der Waals surface area contributed by atoms with E-state index in [2.05, 4.69) is 15.8 Å². The lowest BCUT2D eigenvalue weighted by atomic mass is 10.2. The van der Waals surface area contributed by atoms with Crippen LogP contribution in [-0.2, 0) is 6.42 Å². The van der Waals surface area contributed by atoms with Gasteiger partial charge in [0.25, 0.3) is 0 Å². The summed E-state index contributed by atoms with van der Waals surface area (Å²) in [7, 11) is 1.57. The van der Waals surface area contributed by atoms with Gasteiger partial charge in [-0.15, -0.1) is 0 Å². The molecule has 7 nitrogen and oxygen atoms in total. The quantitative estimate of drug-likeness (QED) is 0.849. The molecule has 1 aromatic carbocycles. The lowest BCUT2D eigenvalue weighted by molar-refractivity contribution is 0.262. The minimum absolute atomic E-state index is 0.376. The molecular formula is C16H21N3O4. The zero-order valence-electron chi connectivity index (χ0n) is 13.7. The minimum Gasteiger partial charge on any atom is -0.493 e. The molecule has 0 bridgehead atoms. The molecule has 2 N–H and O–H groups in total. The number of rotatable bonds is 6. The largest absolute Gasteiger partial charge is 0.493 e. The van der Waals surface area contributed by atoms with Crippen molar-refractivity contribution in [3.05, 3.63) is 29.7 Å². The summed E-state index contributed by atoms with van der Waals surface area (Å²) in [5, 5.41) is 9.37. The third kappa shape index (κ3) is 3.94. The van der Waals surface area contributed by atoms with Gasteiger partial charge in [-0.3, -0.25) is 0 Å². The number of carbonyl (C=O) groups excluding carboxylic acids is 1. The first-order valence-electron chi connectivity index (χ1n) is 7.43. The molecule has 0 aliphatic rings. The topological polar surface area (TPSA) is 85.6 Å². The number of urea groups is 1. The van der Waals surface area contributed by atoms with Crippen molar-refractivity contribution in [1.29, 1.82) is 0 Å². The number of amides is 2. The molecule has 0 radical (unpaired) electrons. The van der Waals surface area contributed by atoms with Crippen LogP contribution in [0.5, 0.6) is 11.5 Å². The molecule has 0 spiro atoms. The summed E-state index contributed by atoms with van der Waals surface area (Å²) < 4.78 is 15.9. The first kappa shape index (κ1) is 16.7. The van der Waals surface area contributed by atoms with Crippen LogP contribution in [0.2, 0.25) is 0 Å². The maximum atomic E-state index is 12.2. The summed E-state index contributed by atoms with van der Waals surface area (Å²) in [4.78, 5) is 12.2. The van der Waals surface area contributed by atoms with Crippen LogP contribution in [0.1, 0.15) is 25.3 Å². The molecule has 0 saturated heterocycles. The van der Waals surface area contributed by atoms with Crippen LogP contribution >= 0.6 is 0 Å². The van der Waals surface area contributed by atoms with Gasteiger partial charge in [0.05, 0.1) is 13.7 Å². The van der Waals surface area contributed by atoms with E-state index in [9.17, 15) is 4.79 Å². The number of aromatic nitrogens is 1. The third-order valence-corrected chi connectivity index (χ3v) is 3.21. The summed E-state index contributed by atoms with van der Waals surface area (Å²) >= 11 is 0. The molecule has 23 heavy (non-hydrogen) atoms. The highest BCUT2D eigenvalue weighted by Crippen LogP contribution is 2.30. The van der Waals surface area contributed by atoms with Crippen molar-refractivity contribution in [3.8, 4) is 11.5 Å². The molecule has 0 unspecified atom stereocenters. The van der Waals surface area contributed by atoms with E-state index in [0.29, 0.717) is 47.4 Å². The number of benzene rings is 1. The summed E-state index contributed by atoms with van der Waals surface area (Å²) in [5.41, 5.74) is 1.84. The second-order valence-electron chi connectivity index (χ2n) is 4.80. The maximum Gasteiger partial charge on any atom is 0.323 e. The van der Waals surface area contributed by atoms with Gasteiger partial charge in [-0.1, -0.05) is 12.1 Å². The Hall–Kier alpha value is -2.70. The number of hydrogen-bond acceptors (Lipinski definition) is 5. The number of anilines is 2. The van der Waals surface area contributed by atoms with Crippen LogP contribution in [0.3, 0.4) is 0 Å². The molecule has 0 saturated carbocycles. The van der Waals surface area contributed by atoms with Gasteiger partial charge < -0.3 is 24.6 Å². The average Bonchev–Trinajstić information content (AvgIpc) is 2.88. The van der Waals surface area contributed by atoms with Gasteiger partial charge in [0.1, 0.15) is 11.4 Å². The van der Waals surface area contributed by atoms with Crippen molar-refractivity contribution in [1.82, 2.24) is 5.16 Å². The fourth-order valence-corrected chi connectivity index (χ4v) is 2.12. The van der Waals surface area contributed by atoms with Gasteiger partial charge in [0.2, 0.25) is 0 Å². The molecule has 0 atom stereocenters. The van der Waals surface area contributed by atoms with Gasteiger partial charge in [0.15, 0.2) is 17.3 Å². The van der Waals surface area contributed by atoms with E-state index in [1.165, 1.54) is 0 Å². The average molecular weight is 319 g/mol. The number of carbonyl (C=O) groups is 1. The number of hydrogen-bond donors (Lipinski definition) is 2. The molecule has 0 fully saturated rings. The predicted molar refractivity (Wildman–Crippen MR) is 87.4 cm³/mol. The highest BCUT2D eigenvalue weighted by Gasteiger charge is 2.15. The van der Waals surface area contributed by atoms with Crippen molar-refractivity contribution in [3.63, 3.8) is 0 Å². The zero-order valence-corrected chi connectivity index (χ0v) is 13.7. The fraction of sp³-hybridized carbons (Fsp3) is 0.375. The van der Waals surface area contributed by atoms with E-state index < -0.39 is 0 Å². The molecule has 1 heterocycles. The SMILES string of the molecule is CCOc1cc(NC(=O)Nc2c(C)noc2CC)ccc1OC. The normalized spacial score (nSPS) is 10.3. The number of nitrogens with zero attached hydrogens (tertiary/aromatic N) is 1. The first-order chi connectivity index (χ1) is 11.1. The summed E-state index contributed by atoms with van der Waals surface area (Å²) in [6.45, 7) is 6.10. The van der Waals surface area contributed by atoms with Crippen molar-refractivity contribution < 1.29 is 18.8 Å². The van der Waals surface area contributed by atoms with Crippen molar-refractivity contribution in [2.24, 2.45) is 0 Å². The van der Waals surface area contributed by atoms with Crippen LogP contribution in [-0.4, -0.2) is 24.9 Å². The Bertz CT molecular complexity index is 682. The first-order valence-corrected chi connectivity index (χ1v) is 7.43. The number of ether oxygens (including phenoxy) is 2. The molecule has 7 heteroatoms. The van der Waals surface area contributed by atoms with Gasteiger partial charge in [-0.25, -0.2) is 4.79 Å². The van der Waals surface area contributed by atoms with Gasteiger partial charge in [0, 0.05) is 18.2 Å². The Kier molecular flexibility index (Phi) is 5.46. The predicted octanol–water partition coefficient (Wildman–Crippen LogP) is 3.60. The highest BCUT2D eigenvalue weighted by atomic mass is 16.5. The van der Waals surface area contributed by atoms with E-state index in [4.69, 9.17) is 14.0 Å². The van der Waals surface area contributed by atoms with Crippen LogP contribution < -0.4 is 20.1 Å². The van der Waals surface area contributed by atoms with E-state index in [-0.39, 0.29) is 6.03 Å².